The predicted octanol–water partition coefficient (Wildman–Crippen LogP) is 2.79. The molecule has 16 heavy (non-hydrogen) atoms. The van der Waals surface area contributed by atoms with Crippen LogP contribution in [0.15, 0.2) is 6.20 Å². The maximum atomic E-state index is 5.87. The molecule has 1 aromatic heterocycles. The van der Waals surface area contributed by atoms with Crippen molar-refractivity contribution in [2.24, 2.45) is 11.7 Å². The Bertz CT molecular complexity index is 331. The average molecular weight is 239 g/mol. The molecule has 0 spiro atoms. The maximum Gasteiger partial charge on any atom is 0.185 e. The van der Waals surface area contributed by atoms with Gasteiger partial charge in [0.1, 0.15) is 0 Å². The van der Waals surface area contributed by atoms with E-state index in [0.717, 1.165) is 17.6 Å². The van der Waals surface area contributed by atoms with E-state index in [9.17, 15) is 0 Å². The van der Waals surface area contributed by atoms with E-state index >= 15 is 0 Å². The largest absolute Gasteiger partial charge is 0.348 e. The Morgan fingerprint density at radius 2 is 2.38 bits per heavy atom. The molecule has 1 saturated carbocycles. The van der Waals surface area contributed by atoms with E-state index in [-0.39, 0.29) is 6.04 Å². The summed E-state index contributed by atoms with van der Waals surface area (Å²) >= 11 is 1.75. The summed E-state index contributed by atoms with van der Waals surface area (Å²) in [6, 6.07) is 0.107. The summed E-state index contributed by atoms with van der Waals surface area (Å²) in [6.07, 6.45) is 5.90. The van der Waals surface area contributed by atoms with Crippen molar-refractivity contribution in [2.45, 2.75) is 39.2 Å². The van der Waals surface area contributed by atoms with Crippen LogP contribution < -0.4 is 10.6 Å². The van der Waals surface area contributed by atoms with Crippen molar-refractivity contribution in [3.05, 3.63) is 11.1 Å². The molecule has 1 aliphatic rings. The van der Waals surface area contributed by atoms with Crippen LogP contribution in [-0.2, 0) is 0 Å². The van der Waals surface area contributed by atoms with E-state index in [1.54, 1.807) is 11.3 Å². The van der Waals surface area contributed by atoms with Crippen molar-refractivity contribution in [2.75, 3.05) is 18.0 Å². The minimum absolute atomic E-state index is 0.107. The fourth-order valence-corrected chi connectivity index (χ4v) is 2.68. The lowest BCUT2D eigenvalue weighted by Crippen LogP contribution is -2.26. The van der Waals surface area contributed by atoms with E-state index in [1.807, 2.05) is 13.1 Å². The van der Waals surface area contributed by atoms with Crippen LogP contribution in [0.2, 0.25) is 0 Å². The van der Waals surface area contributed by atoms with Gasteiger partial charge in [0.25, 0.3) is 0 Å². The molecule has 0 bridgehead atoms. The predicted molar refractivity (Wildman–Crippen MR) is 69.9 cm³/mol. The number of nitrogens with two attached hydrogens (primary N) is 1. The monoisotopic (exact) mass is 239 g/mol. The van der Waals surface area contributed by atoms with E-state index < -0.39 is 0 Å². The van der Waals surface area contributed by atoms with Gasteiger partial charge in [-0.25, -0.2) is 4.98 Å². The first-order valence-electron chi connectivity index (χ1n) is 6.17. The molecular weight excluding hydrogens is 218 g/mol. The minimum Gasteiger partial charge on any atom is -0.348 e. The first-order chi connectivity index (χ1) is 7.70. The van der Waals surface area contributed by atoms with E-state index in [4.69, 9.17) is 5.73 Å². The van der Waals surface area contributed by atoms with Crippen LogP contribution in [0.3, 0.4) is 0 Å². The molecular formula is C12H21N3S. The Kier molecular flexibility index (Phi) is 3.82. The van der Waals surface area contributed by atoms with Gasteiger partial charge in [-0.05, 0) is 32.1 Å². The summed E-state index contributed by atoms with van der Waals surface area (Å²) in [5.41, 5.74) is 5.87. The summed E-state index contributed by atoms with van der Waals surface area (Å²) in [7, 11) is 0. The number of aromatic nitrogens is 1. The molecule has 1 aromatic rings. The second-order valence-electron chi connectivity index (χ2n) is 4.72. The lowest BCUT2D eigenvalue weighted by molar-refractivity contribution is 0.706. The normalized spacial score (nSPS) is 17.4. The average Bonchev–Trinajstić information content (AvgIpc) is 2.92. The van der Waals surface area contributed by atoms with Crippen LogP contribution in [0.4, 0.5) is 5.13 Å². The van der Waals surface area contributed by atoms with E-state index in [2.05, 4.69) is 16.8 Å². The highest BCUT2D eigenvalue weighted by atomic mass is 32.1. The van der Waals surface area contributed by atoms with Crippen LogP contribution in [0.5, 0.6) is 0 Å². The smallest absolute Gasteiger partial charge is 0.185 e. The summed E-state index contributed by atoms with van der Waals surface area (Å²) in [4.78, 5) is 8.11. The van der Waals surface area contributed by atoms with Gasteiger partial charge < -0.3 is 10.6 Å². The fourth-order valence-electron chi connectivity index (χ4n) is 1.78. The first-order valence-corrected chi connectivity index (χ1v) is 6.98. The van der Waals surface area contributed by atoms with Gasteiger partial charge in [0.15, 0.2) is 5.13 Å². The van der Waals surface area contributed by atoms with Crippen molar-refractivity contribution >= 4 is 16.5 Å². The van der Waals surface area contributed by atoms with Crippen LogP contribution in [-0.4, -0.2) is 18.1 Å². The topological polar surface area (TPSA) is 42.2 Å². The van der Waals surface area contributed by atoms with Crippen molar-refractivity contribution in [1.82, 2.24) is 4.98 Å². The van der Waals surface area contributed by atoms with Gasteiger partial charge in [-0.2, -0.15) is 0 Å². The highest BCUT2D eigenvalue weighted by Gasteiger charge is 2.25. The second-order valence-corrected chi connectivity index (χ2v) is 5.76. The number of anilines is 1. The Hall–Kier alpha value is -0.610. The van der Waals surface area contributed by atoms with Crippen molar-refractivity contribution in [3.8, 4) is 0 Å². The third-order valence-electron chi connectivity index (χ3n) is 2.90. The third kappa shape index (κ3) is 2.95. The van der Waals surface area contributed by atoms with Crippen LogP contribution in [0, 0.1) is 5.92 Å². The minimum atomic E-state index is 0.107. The molecule has 1 aliphatic carbocycles. The molecule has 0 aromatic carbocycles. The highest BCUT2D eigenvalue weighted by molar-refractivity contribution is 7.15. The third-order valence-corrected chi connectivity index (χ3v) is 4.16. The molecule has 0 radical (unpaired) electrons. The molecule has 3 nitrogen and oxygen atoms in total. The summed E-state index contributed by atoms with van der Waals surface area (Å²) in [5.74, 6) is 0.911. The van der Waals surface area contributed by atoms with Gasteiger partial charge in [-0.1, -0.05) is 6.92 Å². The zero-order chi connectivity index (χ0) is 11.5. The molecule has 1 heterocycles. The first kappa shape index (κ1) is 11.9. The van der Waals surface area contributed by atoms with Crippen LogP contribution in [0.25, 0.3) is 0 Å². The molecule has 2 N–H and O–H groups in total. The Morgan fingerprint density at radius 3 is 2.88 bits per heavy atom. The summed E-state index contributed by atoms with van der Waals surface area (Å²) < 4.78 is 0. The van der Waals surface area contributed by atoms with Crippen LogP contribution in [0.1, 0.15) is 44.0 Å². The number of nitrogens with zero attached hydrogens (tertiary/aromatic N) is 2. The number of hydrogen-bond acceptors (Lipinski definition) is 4. The van der Waals surface area contributed by atoms with Gasteiger partial charge >= 0.3 is 0 Å². The van der Waals surface area contributed by atoms with Crippen molar-refractivity contribution in [1.29, 1.82) is 0 Å². The second kappa shape index (κ2) is 5.15. The maximum absolute atomic E-state index is 5.87. The molecule has 0 aliphatic heterocycles. The molecule has 90 valence electrons. The lowest BCUT2D eigenvalue weighted by Gasteiger charge is -2.20. The standard InChI is InChI=1S/C12H21N3S/c1-3-6-15(8-10-4-5-10)12-14-7-11(16-12)9(2)13/h7,9-10H,3-6,8,13H2,1-2H3. The van der Waals surface area contributed by atoms with E-state index in [1.165, 1.54) is 30.7 Å². The Balaban J connectivity index is 2.03. The van der Waals surface area contributed by atoms with Crippen molar-refractivity contribution < 1.29 is 0 Å². The van der Waals surface area contributed by atoms with Gasteiger partial charge in [0.2, 0.25) is 0 Å². The molecule has 2 rings (SSSR count). The quantitative estimate of drug-likeness (QED) is 0.830. The van der Waals surface area contributed by atoms with Crippen LogP contribution >= 0.6 is 11.3 Å². The molecule has 4 heteroatoms. The summed E-state index contributed by atoms with van der Waals surface area (Å²) in [6.45, 7) is 6.53. The molecule has 1 atom stereocenters. The lowest BCUT2D eigenvalue weighted by atomic mass is 10.3. The van der Waals surface area contributed by atoms with Gasteiger partial charge in [0.05, 0.1) is 0 Å². The highest BCUT2D eigenvalue weighted by Crippen LogP contribution is 2.33. The van der Waals surface area contributed by atoms with Crippen molar-refractivity contribution in [3.63, 3.8) is 0 Å². The summed E-state index contributed by atoms with van der Waals surface area (Å²) in [5, 5.41) is 1.15. The Morgan fingerprint density at radius 1 is 1.62 bits per heavy atom. The Labute approximate surface area is 102 Å². The van der Waals surface area contributed by atoms with Gasteiger partial charge in [0, 0.05) is 30.2 Å². The zero-order valence-electron chi connectivity index (χ0n) is 10.1. The number of rotatable bonds is 6. The SMILES string of the molecule is CCCN(CC1CC1)c1ncc(C(C)N)s1. The molecule has 1 unspecified atom stereocenters. The molecule has 1 fully saturated rings. The molecule has 0 saturated heterocycles. The zero-order valence-corrected chi connectivity index (χ0v) is 11.0. The number of thiazole rings is 1. The van der Waals surface area contributed by atoms with E-state index in [0.29, 0.717) is 0 Å². The number of hydrogen-bond donors (Lipinski definition) is 1. The fraction of sp³-hybridized carbons (Fsp3) is 0.750. The van der Waals surface area contributed by atoms with Gasteiger partial charge in [-0.3, -0.25) is 0 Å². The van der Waals surface area contributed by atoms with Gasteiger partial charge in [-0.15, -0.1) is 11.3 Å². The molecule has 0 amide bonds.